The van der Waals surface area contributed by atoms with Crippen LogP contribution >= 0.6 is 11.3 Å². The maximum absolute atomic E-state index is 11.3. The van der Waals surface area contributed by atoms with Crippen LogP contribution in [0.1, 0.15) is 33.4 Å². The van der Waals surface area contributed by atoms with Gasteiger partial charge in [-0.1, -0.05) is 19.1 Å². The zero-order chi connectivity index (χ0) is 20.1. The number of hydrogen-bond acceptors (Lipinski definition) is 5. The van der Waals surface area contributed by atoms with E-state index in [1.165, 1.54) is 11.3 Å². The minimum atomic E-state index is -0.926. The van der Waals surface area contributed by atoms with Crippen LogP contribution in [0.3, 0.4) is 0 Å². The largest absolute Gasteiger partial charge is 0.490 e. The van der Waals surface area contributed by atoms with Crippen molar-refractivity contribution in [2.24, 2.45) is 0 Å². The lowest BCUT2D eigenvalue weighted by Gasteiger charge is -2.11. The summed E-state index contributed by atoms with van der Waals surface area (Å²) in [5.41, 5.74) is 3.77. The van der Waals surface area contributed by atoms with Crippen LogP contribution in [0.2, 0.25) is 0 Å². The first-order chi connectivity index (χ1) is 13.5. The van der Waals surface area contributed by atoms with E-state index in [1.54, 1.807) is 0 Å². The average Bonchev–Trinajstić information content (AvgIpc) is 3.13. The Labute approximate surface area is 168 Å². The van der Waals surface area contributed by atoms with E-state index >= 15 is 0 Å². The van der Waals surface area contributed by atoms with Crippen molar-refractivity contribution < 1.29 is 19.4 Å². The van der Waals surface area contributed by atoms with Crippen LogP contribution in [-0.2, 0) is 6.42 Å². The van der Waals surface area contributed by atoms with Crippen LogP contribution in [0.4, 0.5) is 0 Å². The second kappa shape index (κ2) is 8.89. The van der Waals surface area contributed by atoms with Gasteiger partial charge in [0.15, 0.2) is 0 Å². The highest BCUT2D eigenvalue weighted by Gasteiger charge is 2.16. The Morgan fingerprint density at radius 2 is 1.79 bits per heavy atom. The van der Waals surface area contributed by atoms with Gasteiger partial charge in [-0.15, -0.1) is 11.3 Å². The zero-order valence-electron chi connectivity index (χ0n) is 16.2. The molecule has 3 rings (SSSR count). The maximum Gasteiger partial charge on any atom is 0.347 e. The molecule has 1 heterocycles. The second-order valence-corrected chi connectivity index (χ2v) is 7.44. The van der Waals surface area contributed by atoms with E-state index in [-0.39, 0.29) is 0 Å². The summed E-state index contributed by atoms with van der Waals surface area (Å²) in [6.45, 7) is 6.86. The average molecular weight is 397 g/mol. The number of aromatic carboxylic acids is 1. The first kappa shape index (κ1) is 19.9. The molecular formula is C22H23NO4S. The van der Waals surface area contributed by atoms with Gasteiger partial charge >= 0.3 is 5.97 Å². The molecule has 0 unspecified atom stereocenters. The van der Waals surface area contributed by atoms with Gasteiger partial charge in [-0.3, -0.25) is 0 Å². The molecule has 0 saturated heterocycles. The second-order valence-electron chi connectivity index (χ2n) is 6.44. The number of thiazole rings is 1. The number of ether oxygens (including phenoxy) is 2. The minimum Gasteiger partial charge on any atom is -0.490 e. The number of nitrogens with zero attached hydrogens (tertiary/aromatic N) is 1. The van der Waals surface area contributed by atoms with Crippen LogP contribution in [0, 0.1) is 13.8 Å². The predicted octanol–water partition coefficient (Wildman–Crippen LogP) is 5.15. The summed E-state index contributed by atoms with van der Waals surface area (Å²) in [6, 6.07) is 13.6. The lowest BCUT2D eigenvalue weighted by atomic mass is 10.1. The van der Waals surface area contributed by atoms with E-state index in [0.717, 1.165) is 28.2 Å². The molecule has 0 aliphatic carbocycles. The van der Waals surface area contributed by atoms with Crippen molar-refractivity contribution in [1.82, 2.24) is 4.98 Å². The maximum atomic E-state index is 11.3. The minimum absolute atomic E-state index is 0.307. The molecule has 6 heteroatoms. The lowest BCUT2D eigenvalue weighted by molar-refractivity contribution is 0.0701. The van der Waals surface area contributed by atoms with Crippen molar-refractivity contribution in [2.45, 2.75) is 27.2 Å². The first-order valence-electron chi connectivity index (χ1n) is 9.14. The summed E-state index contributed by atoms with van der Waals surface area (Å²) in [7, 11) is 0. The summed E-state index contributed by atoms with van der Waals surface area (Å²) in [5.74, 6) is 0.687. The van der Waals surface area contributed by atoms with E-state index in [9.17, 15) is 9.90 Å². The highest BCUT2D eigenvalue weighted by molar-refractivity contribution is 7.17. The lowest BCUT2D eigenvalue weighted by Crippen LogP contribution is -2.09. The Balaban J connectivity index is 1.57. The molecule has 0 atom stereocenters. The van der Waals surface area contributed by atoms with Gasteiger partial charge in [0.05, 0.1) is 5.69 Å². The fourth-order valence-corrected chi connectivity index (χ4v) is 3.75. The first-order valence-corrected chi connectivity index (χ1v) is 9.96. The summed E-state index contributed by atoms with van der Waals surface area (Å²) in [5, 5.41) is 9.98. The molecule has 146 valence electrons. The van der Waals surface area contributed by atoms with Gasteiger partial charge in [0.1, 0.15) is 34.6 Å². The van der Waals surface area contributed by atoms with E-state index in [1.807, 2.05) is 57.2 Å². The Morgan fingerprint density at radius 1 is 1.07 bits per heavy atom. The van der Waals surface area contributed by atoms with Gasteiger partial charge in [-0.05, 0) is 61.7 Å². The number of benzene rings is 2. The van der Waals surface area contributed by atoms with E-state index < -0.39 is 5.97 Å². The number of aromatic nitrogens is 1. The van der Waals surface area contributed by atoms with Crippen LogP contribution in [0.5, 0.6) is 11.5 Å². The van der Waals surface area contributed by atoms with E-state index in [4.69, 9.17) is 9.47 Å². The summed E-state index contributed by atoms with van der Waals surface area (Å²) >= 11 is 1.20. The molecule has 0 radical (unpaired) electrons. The molecule has 0 saturated carbocycles. The molecule has 3 aromatic rings. The molecule has 2 aromatic carbocycles. The fourth-order valence-electron chi connectivity index (χ4n) is 2.75. The van der Waals surface area contributed by atoms with Crippen molar-refractivity contribution in [3.8, 4) is 22.1 Å². The molecule has 5 nitrogen and oxygen atoms in total. The predicted molar refractivity (Wildman–Crippen MR) is 111 cm³/mol. The number of carbonyl (C=O) groups is 1. The molecule has 0 spiro atoms. The Morgan fingerprint density at radius 3 is 2.43 bits per heavy atom. The topological polar surface area (TPSA) is 68.7 Å². The quantitative estimate of drug-likeness (QED) is 0.533. The molecular weight excluding hydrogens is 374 g/mol. The zero-order valence-corrected chi connectivity index (χ0v) is 17.0. The normalized spacial score (nSPS) is 10.7. The summed E-state index contributed by atoms with van der Waals surface area (Å²) in [4.78, 5) is 16.1. The number of rotatable bonds is 8. The van der Waals surface area contributed by atoms with Crippen LogP contribution in [0.15, 0.2) is 42.5 Å². The summed E-state index contributed by atoms with van der Waals surface area (Å²) < 4.78 is 11.5. The van der Waals surface area contributed by atoms with Crippen LogP contribution in [0.25, 0.3) is 10.6 Å². The molecule has 28 heavy (non-hydrogen) atoms. The van der Waals surface area contributed by atoms with Gasteiger partial charge in [0, 0.05) is 5.56 Å². The third-order valence-corrected chi connectivity index (χ3v) is 5.42. The third kappa shape index (κ3) is 4.70. The van der Waals surface area contributed by atoms with Crippen LogP contribution in [-0.4, -0.2) is 29.3 Å². The number of hydrogen-bond donors (Lipinski definition) is 1. The molecule has 0 fully saturated rings. The fraction of sp³-hybridized carbons (Fsp3) is 0.273. The van der Waals surface area contributed by atoms with Crippen molar-refractivity contribution in [3.05, 3.63) is 64.2 Å². The van der Waals surface area contributed by atoms with Gasteiger partial charge in [-0.25, -0.2) is 9.78 Å². The number of carboxylic acid groups (broad SMARTS) is 1. The van der Waals surface area contributed by atoms with E-state index in [0.29, 0.717) is 35.2 Å². The van der Waals surface area contributed by atoms with Crippen molar-refractivity contribution in [3.63, 3.8) is 0 Å². The molecule has 0 bridgehead atoms. The highest BCUT2D eigenvalue weighted by atomic mass is 32.1. The molecule has 0 aliphatic rings. The molecule has 1 N–H and O–H groups in total. The SMILES string of the molecule is CCc1nc(-c2ccc(OCCOc3cc(C)ccc3C)cc2)sc1C(=O)O. The molecule has 1 aromatic heterocycles. The van der Waals surface area contributed by atoms with Gasteiger partial charge in [0.2, 0.25) is 0 Å². The highest BCUT2D eigenvalue weighted by Crippen LogP contribution is 2.29. The smallest absolute Gasteiger partial charge is 0.347 e. The third-order valence-electron chi connectivity index (χ3n) is 4.28. The van der Waals surface area contributed by atoms with Gasteiger partial charge in [0.25, 0.3) is 0 Å². The number of aryl methyl sites for hydroxylation is 3. The Hall–Kier alpha value is -2.86. The Bertz CT molecular complexity index is 963. The van der Waals surface area contributed by atoms with Crippen molar-refractivity contribution in [1.29, 1.82) is 0 Å². The molecule has 0 aliphatic heterocycles. The number of carboxylic acids is 1. The van der Waals surface area contributed by atoms with Gasteiger partial charge < -0.3 is 14.6 Å². The van der Waals surface area contributed by atoms with Crippen molar-refractivity contribution in [2.75, 3.05) is 13.2 Å². The molecule has 0 amide bonds. The summed E-state index contributed by atoms with van der Waals surface area (Å²) in [6.07, 6.45) is 0.597. The Kier molecular flexibility index (Phi) is 6.31. The van der Waals surface area contributed by atoms with Crippen LogP contribution < -0.4 is 9.47 Å². The van der Waals surface area contributed by atoms with Gasteiger partial charge in [-0.2, -0.15) is 0 Å². The van der Waals surface area contributed by atoms with E-state index in [2.05, 4.69) is 11.1 Å². The van der Waals surface area contributed by atoms with Crippen molar-refractivity contribution >= 4 is 17.3 Å². The standard InChI is InChI=1S/C22H23NO4S/c1-4-18-20(22(24)25)28-21(23-18)16-7-9-17(10-8-16)26-11-12-27-19-13-14(2)5-6-15(19)3/h5-10,13H,4,11-12H2,1-3H3,(H,24,25). The monoisotopic (exact) mass is 397 g/mol.